The maximum Gasteiger partial charge on any atom is 0.339 e. The highest BCUT2D eigenvalue weighted by molar-refractivity contribution is 5.90. The van der Waals surface area contributed by atoms with E-state index in [2.05, 4.69) is 42.8 Å². The second-order valence-electron chi connectivity index (χ2n) is 20.9. The van der Waals surface area contributed by atoms with E-state index in [1.54, 1.807) is 36.4 Å². The molecule has 0 aromatic heterocycles. The third kappa shape index (κ3) is 19.0. The smallest absolute Gasteiger partial charge is 0.339 e. The fraction of sp³-hybridized carbons (Fsp3) is 0.397. The molecule has 0 unspecified atom stereocenters. The lowest BCUT2D eigenvalue weighted by molar-refractivity contribution is -0.169. The molecule has 0 aliphatic heterocycles. The molecule has 4 aromatic rings. The second kappa shape index (κ2) is 31.4. The summed E-state index contributed by atoms with van der Waals surface area (Å²) in [5.41, 5.74) is 3.34. The summed E-state index contributed by atoms with van der Waals surface area (Å²) in [5, 5.41) is 0. The fourth-order valence-electron chi connectivity index (χ4n) is 10.3. The van der Waals surface area contributed by atoms with Crippen molar-refractivity contribution in [2.75, 3.05) is 20.0 Å². The van der Waals surface area contributed by atoms with Crippen molar-refractivity contribution in [1.82, 2.24) is 0 Å². The predicted octanol–water partition coefficient (Wildman–Crippen LogP) is 11.6. The lowest BCUT2D eigenvalue weighted by Crippen LogP contribution is -2.37. The highest BCUT2D eigenvalue weighted by atomic mass is 16.7. The second-order valence-corrected chi connectivity index (χ2v) is 20.9. The number of unbranched alkanes of at least 4 members (excludes halogenated alkanes) is 5. The lowest BCUT2D eigenvalue weighted by atomic mass is 9.76. The molecule has 0 heterocycles. The van der Waals surface area contributed by atoms with Crippen LogP contribution >= 0.6 is 0 Å². The fourth-order valence-corrected chi connectivity index (χ4v) is 10.3. The van der Waals surface area contributed by atoms with Crippen molar-refractivity contribution in [3.8, 4) is 47.5 Å². The molecule has 3 fully saturated rings. The van der Waals surface area contributed by atoms with E-state index in [1.165, 1.54) is 0 Å². The van der Waals surface area contributed by atoms with Gasteiger partial charge in [-0.15, -0.1) is 6.42 Å². The molecule has 3 saturated carbocycles. The molecule has 82 heavy (non-hydrogen) atoms. The topological polar surface area (TPSA) is 184 Å². The Kier molecular flexibility index (Phi) is 23.3. The molecule has 3 aliphatic rings. The molecular formula is C68H70O14. The Balaban J connectivity index is 0.904. The largest absolute Gasteiger partial charge is 0.465 e. The van der Waals surface area contributed by atoms with Crippen LogP contribution in [0.15, 0.2) is 122 Å². The third-order valence-electron chi connectivity index (χ3n) is 15.2. The first kappa shape index (κ1) is 61.0. The zero-order valence-corrected chi connectivity index (χ0v) is 46.3. The Morgan fingerprint density at radius 2 is 0.890 bits per heavy atom. The SMILES string of the molecule is C#Cc1ccc(C#Cc2ccc(C#CC3(OC(=O)c4ccc(OC(=O)C5CCC(C(=O)OCCCCCCCCOC(=O)C=C)CC5)cc4)CCC(c4ccc(OC(=O)C5CCC(C(=O)OCOC(=O)C=C)CC5)cc4)CC3)cc2)cc1. The number of esters is 7. The van der Waals surface area contributed by atoms with E-state index in [4.69, 9.17) is 39.6 Å². The predicted molar refractivity (Wildman–Crippen MR) is 305 cm³/mol. The molecule has 0 spiro atoms. The van der Waals surface area contributed by atoms with Crippen molar-refractivity contribution in [3.63, 3.8) is 0 Å². The first-order valence-corrected chi connectivity index (χ1v) is 28.3. The van der Waals surface area contributed by atoms with Gasteiger partial charge in [0, 0.05) is 34.4 Å². The van der Waals surface area contributed by atoms with Crippen LogP contribution in [0.1, 0.15) is 160 Å². The van der Waals surface area contributed by atoms with Crippen LogP contribution in [-0.2, 0) is 52.5 Å². The highest BCUT2D eigenvalue weighted by Gasteiger charge is 2.39. The van der Waals surface area contributed by atoms with Crippen LogP contribution < -0.4 is 9.47 Å². The van der Waals surface area contributed by atoms with E-state index in [0.29, 0.717) is 102 Å². The molecule has 0 amide bonds. The lowest BCUT2D eigenvalue weighted by Gasteiger charge is -2.36. The zero-order chi connectivity index (χ0) is 58.1. The molecule has 7 rings (SSSR count). The van der Waals surface area contributed by atoms with Gasteiger partial charge in [0.1, 0.15) is 11.5 Å². The van der Waals surface area contributed by atoms with E-state index in [9.17, 15) is 33.6 Å². The number of carbonyl (C=O) groups excluding carboxylic acids is 7. The minimum absolute atomic E-state index is 0.110. The van der Waals surface area contributed by atoms with Crippen LogP contribution in [0.3, 0.4) is 0 Å². The monoisotopic (exact) mass is 1110 g/mol. The van der Waals surface area contributed by atoms with E-state index in [1.807, 2.05) is 60.7 Å². The maximum atomic E-state index is 14.0. The van der Waals surface area contributed by atoms with Crippen LogP contribution in [0.4, 0.5) is 0 Å². The molecular weight excluding hydrogens is 1040 g/mol. The minimum atomic E-state index is -1.12. The summed E-state index contributed by atoms with van der Waals surface area (Å²) in [4.78, 5) is 88.0. The van der Waals surface area contributed by atoms with Gasteiger partial charge >= 0.3 is 41.8 Å². The molecule has 0 bridgehead atoms. The molecule has 3 aliphatic carbocycles. The van der Waals surface area contributed by atoms with Gasteiger partial charge in [0.2, 0.25) is 6.79 Å². The van der Waals surface area contributed by atoms with E-state index < -0.39 is 42.2 Å². The van der Waals surface area contributed by atoms with Gasteiger partial charge in [-0.1, -0.05) is 74.7 Å². The summed E-state index contributed by atoms with van der Waals surface area (Å²) in [5.74, 6) is 11.9. The van der Waals surface area contributed by atoms with Gasteiger partial charge < -0.3 is 33.2 Å². The average Bonchev–Trinajstić information content (AvgIpc) is 3.60. The summed E-state index contributed by atoms with van der Waals surface area (Å²) in [6.07, 6.45) is 19.2. The van der Waals surface area contributed by atoms with Gasteiger partial charge in [-0.05, 0) is 192 Å². The summed E-state index contributed by atoms with van der Waals surface area (Å²) in [6, 6.07) is 28.7. The quantitative estimate of drug-likeness (QED) is 0.0138. The zero-order valence-electron chi connectivity index (χ0n) is 46.3. The van der Waals surface area contributed by atoms with Crippen molar-refractivity contribution in [1.29, 1.82) is 0 Å². The number of carbonyl (C=O) groups is 7. The summed E-state index contributed by atoms with van der Waals surface area (Å²) in [6.45, 7) is 6.96. The summed E-state index contributed by atoms with van der Waals surface area (Å²) >= 11 is 0. The Morgan fingerprint density at radius 1 is 0.476 bits per heavy atom. The molecule has 426 valence electrons. The van der Waals surface area contributed by atoms with Gasteiger partial charge in [-0.25, -0.2) is 14.4 Å². The Bertz CT molecular complexity index is 3030. The van der Waals surface area contributed by atoms with Crippen molar-refractivity contribution in [2.24, 2.45) is 23.7 Å². The van der Waals surface area contributed by atoms with Crippen molar-refractivity contribution in [2.45, 2.75) is 127 Å². The van der Waals surface area contributed by atoms with Crippen LogP contribution in [0, 0.1) is 59.7 Å². The summed E-state index contributed by atoms with van der Waals surface area (Å²) in [7, 11) is 0. The highest BCUT2D eigenvalue weighted by Crippen LogP contribution is 2.41. The third-order valence-corrected chi connectivity index (χ3v) is 15.2. The van der Waals surface area contributed by atoms with Crippen molar-refractivity contribution >= 4 is 41.8 Å². The molecule has 0 atom stereocenters. The molecule has 4 aromatic carbocycles. The number of terminal acetylenes is 1. The molecule has 0 saturated heterocycles. The number of rotatable bonds is 22. The summed E-state index contributed by atoms with van der Waals surface area (Å²) < 4.78 is 38.2. The number of benzene rings is 4. The van der Waals surface area contributed by atoms with E-state index in [0.717, 1.165) is 78.5 Å². The Hall–Kier alpha value is -8.67. The first-order valence-electron chi connectivity index (χ1n) is 28.3. The van der Waals surface area contributed by atoms with Gasteiger partial charge in [0.15, 0.2) is 5.60 Å². The van der Waals surface area contributed by atoms with Crippen LogP contribution in [0.2, 0.25) is 0 Å². The van der Waals surface area contributed by atoms with Gasteiger partial charge in [0.05, 0.1) is 42.4 Å². The number of ether oxygens (including phenoxy) is 7. The van der Waals surface area contributed by atoms with Crippen molar-refractivity contribution in [3.05, 3.63) is 156 Å². The minimum Gasteiger partial charge on any atom is -0.465 e. The first-order chi connectivity index (χ1) is 39.8. The van der Waals surface area contributed by atoms with Crippen LogP contribution in [-0.4, -0.2) is 67.4 Å². The number of hydrogen-bond acceptors (Lipinski definition) is 14. The number of hydrogen-bond donors (Lipinski definition) is 0. The maximum absolute atomic E-state index is 14.0. The van der Waals surface area contributed by atoms with Gasteiger partial charge in [-0.3, -0.25) is 19.2 Å². The van der Waals surface area contributed by atoms with Crippen LogP contribution in [0.25, 0.3) is 0 Å². The van der Waals surface area contributed by atoms with Gasteiger partial charge in [-0.2, -0.15) is 0 Å². The Morgan fingerprint density at radius 3 is 1.38 bits per heavy atom. The van der Waals surface area contributed by atoms with Crippen molar-refractivity contribution < 1.29 is 66.7 Å². The average molecular weight is 1110 g/mol. The van der Waals surface area contributed by atoms with E-state index >= 15 is 0 Å². The molecule has 0 radical (unpaired) electrons. The Labute approximate surface area is 480 Å². The van der Waals surface area contributed by atoms with Crippen LogP contribution in [0.5, 0.6) is 11.5 Å². The standard InChI is InChI=1S/C68H70O14/c1-4-48-13-15-49(16-14-48)17-18-50-19-21-51(22-20-50)39-42-68(43-40-53(41-44-68)52-31-35-59(36-32-52)80-65(73)57-29-25-55(26-30-57)64(72)79-47-78-62(70)6-3)82-67(75)58-33-37-60(38-34-58)81-66(74)56-27-23-54(24-28-56)63(71)77-46-12-10-8-7-9-11-45-76-61(69)5-2/h1,5-6,13-16,19-22,31-38,53-57H,2-3,7-12,23-30,40-41,43-47H2. The van der Waals surface area contributed by atoms with Gasteiger partial charge in [0.25, 0.3) is 0 Å². The molecule has 0 N–H and O–H groups in total. The molecule has 14 heteroatoms. The normalized spacial score (nSPS) is 20.0. The molecule has 14 nitrogen and oxygen atoms in total. The van der Waals surface area contributed by atoms with E-state index in [-0.39, 0.29) is 47.1 Å².